The van der Waals surface area contributed by atoms with Gasteiger partial charge in [0.05, 0.1) is 5.69 Å². The van der Waals surface area contributed by atoms with E-state index in [-0.39, 0.29) is 17.3 Å². The molecule has 3 saturated heterocycles. The summed E-state index contributed by atoms with van der Waals surface area (Å²) in [6.07, 6.45) is -2.91. The van der Waals surface area contributed by atoms with Gasteiger partial charge in [0.25, 0.3) is 5.91 Å². The third-order valence-electron chi connectivity index (χ3n) is 4.76. The number of amides is 1. The number of rotatable bonds is 4. The van der Waals surface area contributed by atoms with E-state index in [0.717, 1.165) is 38.5 Å². The number of carbonyl (C=O) groups excluding carboxylic acids is 1. The number of alkyl halides is 3. The van der Waals surface area contributed by atoms with Crippen molar-refractivity contribution in [2.75, 3.05) is 25.4 Å². The molecule has 0 unspecified atom stereocenters. The van der Waals surface area contributed by atoms with E-state index in [9.17, 15) is 18.0 Å². The van der Waals surface area contributed by atoms with Crippen LogP contribution in [0.5, 0.6) is 5.75 Å². The van der Waals surface area contributed by atoms with Crippen LogP contribution in [0.25, 0.3) is 0 Å². The largest absolute Gasteiger partial charge is 0.573 e. The fourth-order valence-electron chi connectivity index (χ4n) is 3.47. The topological polar surface area (TPSA) is 91.4 Å². The minimum absolute atomic E-state index is 0.0498. The number of nitrogens with two attached hydrogens (primary N) is 1. The molecule has 9 heteroatoms. The zero-order valence-corrected chi connectivity index (χ0v) is 13.4. The molecule has 3 aliphatic heterocycles. The van der Waals surface area contributed by atoms with Crippen molar-refractivity contribution in [3.05, 3.63) is 23.8 Å². The summed E-state index contributed by atoms with van der Waals surface area (Å²) in [4.78, 5) is 14.6. The molecule has 1 aromatic carbocycles. The quantitative estimate of drug-likeness (QED) is 0.566. The van der Waals surface area contributed by atoms with Gasteiger partial charge in [0.15, 0.2) is 5.75 Å². The van der Waals surface area contributed by atoms with Gasteiger partial charge < -0.3 is 20.7 Å². The van der Waals surface area contributed by atoms with Gasteiger partial charge in [-0.05, 0) is 37.9 Å². The van der Waals surface area contributed by atoms with E-state index >= 15 is 0 Å². The van der Waals surface area contributed by atoms with Crippen molar-refractivity contribution in [2.45, 2.75) is 25.2 Å². The van der Waals surface area contributed by atoms with Crippen LogP contribution >= 0.6 is 0 Å². The SMILES string of the molecule is N=C(C(=O)N[C@@H]1CN2CCC1CC2)c1cccc(OC(F)(F)F)c1N. The highest BCUT2D eigenvalue weighted by atomic mass is 19.4. The van der Waals surface area contributed by atoms with Gasteiger partial charge in [0, 0.05) is 18.2 Å². The highest BCUT2D eigenvalue weighted by Crippen LogP contribution is 2.31. The lowest BCUT2D eigenvalue weighted by molar-refractivity contribution is -0.274. The summed E-state index contributed by atoms with van der Waals surface area (Å²) in [6.45, 7) is 2.76. The lowest BCUT2D eigenvalue weighted by atomic mass is 9.84. The lowest BCUT2D eigenvalue weighted by Crippen LogP contribution is -2.58. The Balaban J connectivity index is 1.72. The number of nitrogen functional groups attached to an aromatic ring is 1. The third-order valence-corrected chi connectivity index (χ3v) is 4.76. The van der Waals surface area contributed by atoms with Crippen molar-refractivity contribution in [3.63, 3.8) is 0 Å². The highest BCUT2D eigenvalue weighted by Gasteiger charge is 2.36. The van der Waals surface area contributed by atoms with E-state index in [1.54, 1.807) is 0 Å². The average Bonchev–Trinajstić information content (AvgIpc) is 2.56. The zero-order chi connectivity index (χ0) is 18.2. The van der Waals surface area contributed by atoms with Crippen LogP contribution in [-0.2, 0) is 4.79 Å². The van der Waals surface area contributed by atoms with E-state index in [1.807, 2.05) is 0 Å². The number of para-hydroxylation sites is 1. The molecule has 4 N–H and O–H groups in total. The molecule has 0 radical (unpaired) electrons. The fourth-order valence-corrected chi connectivity index (χ4v) is 3.47. The Morgan fingerprint density at radius 2 is 2.00 bits per heavy atom. The average molecular weight is 356 g/mol. The number of piperidine rings is 3. The first kappa shape index (κ1) is 17.5. The second-order valence-corrected chi connectivity index (χ2v) is 6.36. The number of hydrogen-bond donors (Lipinski definition) is 3. The molecule has 1 atom stereocenters. The molecule has 3 heterocycles. The molecule has 3 fully saturated rings. The Kier molecular flexibility index (Phi) is 4.59. The van der Waals surface area contributed by atoms with E-state index in [0.29, 0.717) is 5.92 Å². The molecule has 0 aromatic heterocycles. The summed E-state index contributed by atoms with van der Waals surface area (Å²) in [5, 5.41) is 10.8. The summed E-state index contributed by atoms with van der Waals surface area (Å²) in [7, 11) is 0. The van der Waals surface area contributed by atoms with Gasteiger partial charge in [-0.1, -0.05) is 12.1 Å². The van der Waals surface area contributed by atoms with Gasteiger partial charge in [0.2, 0.25) is 0 Å². The second-order valence-electron chi connectivity index (χ2n) is 6.36. The van der Waals surface area contributed by atoms with Gasteiger partial charge in [-0.3, -0.25) is 10.2 Å². The zero-order valence-electron chi connectivity index (χ0n) is 13.4. The molecular formula is C16H19F3N4O2. The summed E-state index contributed by atoms with van der Waals surface area (Å²) in [6, 6.07) is 3.59. The summed E-state index contributed by atoms with van der Waals surface area (Å²) in [5.74, 6) is -0.890. The molecule has 2 bridgehead atoms. The van der Waals surface area contributed by atoms with E-state index in [2.05, 4.69) is 15.0 Å². The van der Waals surface area contributed by atoms with Crippen LogP contribution < -0.4 is 15.8 Å². The number of nitrogens with zero attached hydrogens (tertiary/aromatic N) is 1. The van der Waals surface area contributed by atoms with Crippen molar-refractivity contribution in [3.8, 4) is 5.75 Å². The molecule has 3 aliphatic rings. The number of hydrogen-bond acceptors (Lipinski definition) is 5. The highest BCUT2D eigenvalue weighted by molar-refractivity contribution is 6.45. The number of fused-ring (bicyclic) bond motifs is 3. The van der Waals surface area contributed by atoms with Crippen molar-refractivity contribution in [1.82, 2.24) is 10.2 Å². The normalized spacial score (nSPS) is 25.5. The smallest absolute Gasteiger partial charge is 0.404 e. The van der Waals surface area contributed by atoms with Crippen molar-refractivity contribution in [2.24, 2.45) is 5.92 Å². The number of nitrogens with one attached hydrogen (secondary N) is 2. The van der Waals surface area contributed by atoms with Crippen molar-refractivity contribution in [1.29, 1.82) is 5.41 Å². The molecule has 1 amide bonds. The van der Waals surface area contributed by atoms with Gasteiger partial charge in [-0.2, -0.15) is 0 Å². The van der Waals surface area contributed by atoms with E-state index in [4.69, 9.17) is 11.1 Å². The van der Waals surface area contributed by atoms with Gasteiger partial charge in [0.1, 0.15) is 5.71 Å². The fraction of sp³-hybridized carbons (Fsp3) is 0.500. The maximum absolute atomic E-state index is 12.4. The summed E-state index contributed by atoms with van der Waals surface area (Å²) in [5.41, 5.74) is 4.73. The van der Waals surface area contributed by atoms with Gasteiger partial charge in [-0.15, -0.1) is 13.2 Å². The Morgan fingerprint density at radius 1 is 1.32 bits per heavy atom. The molecule has 1 aromatic rings. The van der Waals surface area contributed by atoms with Crippen LogP contribution in [0, 0.1) is 11.3 Å². The minimum Gasteiger partial charge on any atom is -0.404 e. The molecule has 25 heavy (non-hydrogen) atoms. The molecular weight excluding hydrogens is 337 g/mol. The number of carbonyl (C=O) groups is 1. The van der Waals surface area contributed by atoms with Crippen LogP contribution in [-0.4, -0.2) is 48.6 Å². The monoisotopic (exact) mass is 356 g/mol. The number of halogens is 3. The Bertz CT molecular complexity index is 684. The maximum atomic E-state index is 12.4. The van der Waals surface area contributed by atoms with E-state index < -0.39 is 23.7 Å². The van der Waals surface area contributed by atoms with Crippen LogP contribution in [0.1, 0.15) is 18.4 Å². The van der Waals surface area contributed by atoms with Crippen molar-refractivity contribution >= 4 is 17.3 Å². The first-order chi connectivity index (χ1) is 11.7. The number of ether oxygens (including phenoxy) is 1. The Labute approximate surface area is 142 Å². The van der Waals surface area contributed by atoms with Gasteiger partial charge >= 0.3 is 6.36 Å². The predicted octanol–water partition coefficient (Wildman–Crippen LogP) is 1.75. The molecule has 0 spiro atoms. The summed E-state index contributed by atoms with van der Waals surface area (Å²) >= 11 is 0. The minimum atomic E-state index is -4.90. The third kappa shape index (κ3) is 3.87. The standard InChI is InChI=1S/C16H19F3N4O2/c17-16(18,19)25-12-3-1-2-10(13(12)20)14(21)15(24)22-11-8-23-6-4-9(11)5-7-23/h1-3,9,11,21H,4-8,20H2,(H,22,24)/t11-/m1/s1. The van der Waals surface area contributed by atoms with Crippen LogP contribution in [0.3, 0.4) is 0 Å². The first-order valence-corrected chi connectivity index (χ1v) is 8.01. The number of anilines is 1. The first-order valence-electron chi connectivity index (χ1n) is 8.01. The molecule has 0 aliphatic carbocycles. The van der Waals surface area contributed by atoms with Crippen LogP contribution in [0.4, 0.5) is 18.9 Å². The predicted molar refractivity (Wildman–Crippen MR) is 85.5 cm³/mol. The molecule has 4 rings (SSSR count). The Morgan fingerprint density at radius 3 is 2.56 bits per heavy atom. The molecule has 6 nitrogen and oxygen atoms in total. The van der Waals surface area contributed by atoms with Crippen LogP contribution in [0.2, 0.25) is 0 Å². The maximum Gasteiger partial charge on any atom is 0.573 e. The second kappa shape index (κ2) is 6.55. The van der Waals surface area contributed by atoms with E-state index in [1.165, 1.54) is 12.1 Å². The number of benzene rings is 1. The Hall–Kier alpha value is -2.29. The van der Waals surface area contributed by atoms with Gasteiger partial charge in [-0.25, -0.2) is 0 Å². The van der Waals surface area contributed by atoms with Crippen molar-refractivity contribution < 1.29 is 22.7 Å². The summed E-state index contributed by atoms with van der Waals surface area (Å²) < 4.78 is 41.0. The lowest BCUT2D eigenvalue weighted by Gasteiger charge is -2.44. The molecule has 136 valence electrons. The molecule has 0 saturated carbocycles. The van der Waals surface area contributed by atoms with Crippen LogP contribution in [0.15, 0.2) is 18.2 Å².